The molecule has 1 aromatic heterocycles. The van der Waals surface area contributed by atoms with Crippen LogP contribution in [0.3, 0.4) is 0 Å². The molecule has 1 aliphatic carbocycles. The average Bonchev–Trinajstić information content (AvgIpc) is 2.84. The Hall–Kier alpha value is -1.29. The minimum Gasteiger partial charge on any atom is -0.467 e. The molecule has 0 saturated heterocycles. The topological polar surface area (TPSA) is 62.3 Å². The normalized spacial score (nSPS) is 20.1. The van der Waals surface area contributed by atoms with Gasteiger partial charge in [-0.05, 0) is 24.5 Å². The molecule has 4 nitrogen and oxygen atoms in total. The maximum Gasteiger partial charge on any atom is 0.335 e. The number of rotatable bonds is 3. The zero-order chi connectivity index (χ0) is 10.2. The van der Waals surface area contributed by atoms with Gasteiger partial charge >= 0.3 is 5.97 Å². The van der Waals surface area contributed by atoms with Gasteiger partial charge in [-0.15, -0.1) is 0 Å². The summed E-state index contributed by atoms with van der Waals surface area (Å²) >= 11 is 0. The highest BCUT2D eigenvalue weighted by atomic mass is 16.5. The van der Waals surface area contributed by atoms with Crippen molar-refractivity contribution in [2.75, 3.05) is 7.11 Å². The highest BCUT2D eigenvalue weighted by molar-refractivity contribution is 5.77. The summed E-state index contributed by atoms with van der Waals surface area (Å²) in [7, 11) is 1.29. The van der Waals surface area contributed by atoms with Gasteiger partial charge in [0.1, 0.15) is 0 Å². The number of ether oxygens (including phenoxy) is 1. The molecule has 2 rings (SSSR count). The molecule has 1 aliphatic rings. The van der Waals surface area contributed by atoms with Crippen molar-refractivity contribution in [1.82, 2.24) is 4.98 Å². The second kappa shape index (κ2) is 3.13. The van der Waals surface area contributed by atoms with Gasteiger partial charge in [0.05, 0.1) is 7.11 Å². The molecule has 0 spiro atoms. The molecule has 0 amide bonds. The van der Waals surface area contributed by atoms with Crippen molar-refractivity contribution in [2.45, 2.75) is 24.4 Å². The molecule has 0 radical (unpaired) electrons. The van der Waals surface area contributed by atoms with Crippen LogP contribution in [0.5, 0.6) is 0 Å². The molecule has 2 N–H and O–H groups in total. The third kappa shape index (κ3) is 1.23. The number of hydrogen-bond donors (Lipinski definition) is 2. The fourth-order valence-electron chi connectivity index (χ4n) is 1.83. The van der Waals surface area contributed by atoms with Gasteiger partial charge in [0.15, 0.2) is 6.10 Å². The van der Waals surface area contributed by atoms with Crippen LogP contribution in [-0.4, -0.2) is 29.3 Å². The lowest BCUT2D eigenvalue weighted by atomic mass is 9.92. The predicted octanol–water partition coefficient (Wildman–Crippen LogP) is 0.580. The van der Waals surface area contributed by atoms with Crippen LogP contribution in [0.2, 0.25) is 0 Å². The number of esters is 1. The molecule has 0 bridgehead atoms. The molecule has 1 unspecified atom stereocenters. The van der Waals surface area contributed by atoms with Crippen LogP contribution in [0.15, 0.2) is 18.5 Å². The van der Waals surface area contributed by atoms with Gasteiger partial charge in [-0.3, -0.25) is 0 Å². The number of carbonyl (C=O) groups excluding carboxylic acids is 1. The third-order valence-corrected chi connectivity index (χ3v) is 2.91. The highest BCUT2D eigenvalue weighted by Crippen LogP contribution is 2.51. The summed E-state index contributed by atoms with van der Waals surface area (Å²) in [5.41, 5.74) is 0.586. The van der Waals surface area contributed by atoms with Crippen molar-refractivity contribution in [3.8, 4) is 0 Å². The van der Waals surface area contributed by atoms with Crippen LogP contribution in [0.4, 0.5) is 0 Å². The van der Waals surface area contributed by atoms with E-state index >= 15 is 0 Å². The first-order chi connectivity index (χ1) is 6.70. The van der Waals surface area contributed by atoms with Crippen molar-refractivity contribution in [2.24, 2.45) is 0 Å². The number of aromatic amines is 1. The highest BCUT2D eigenvalue weighted by Gasteiger charge is 2.54. The number of H-pyrrole nitrogens is 1. The number of hydrogen-bond acceptors (Lipinski definition) is 3. The van der Waals surface area contributed by atoms with E-state index in [9.17, 15) is 9.90 Å². The largest absolute Gasteiger partial charge is 0.467 e. The van der Waals surface area contributed by atoms with Gasteiger partial charge in [0.25, 0.3) is 0 Å². The van der Waals surface area contributed by atoms with Crippen molar-refractivity contribution < 1.29 is 14.6 Å². The molecule has 0 aliphatic heterocycles. The summed E-state index contributed by atoms with van der Waals surface area (Å²) < 4.78 is 4.54. The molecular formula is C10H13NO3. The molecule has 0 aromatic carbocycles. The summed E-state index contributed by atoms with van der Waals surface area (Å²) in [6.45, 7) is 0. The first kappa shape index (κ1) is 9.27. The Morgan fingerprint density at radius 2 is 2.43 bits per heavy atom. The van der Waals surface area contributed by atoms with E-state index in [4.69, 9.17) is 0 Å². The molecule has 76 valence electrons. The predicted molar refractivity (Wildman–Crippen MR) is 49.7 cm³/mol. The Bertz CT molecular complexity index is 327. The van der Waals surface area contributed by atoms with Gasteiger partial charge in [0, 0.05) is 17.8 Å². The number of methoxy groups -OCH3 is 1. The van der Waals surface area contributed by atoms with E-state index in [1.807, 2.05) is 12.3 Å². The van der Waals surface area contributed by atoms with Gasteiger partial charge < -0.3 is 14.8 Å². The first-order valence-corrected chi connectivity index (χ1v) is 4.60. The van der Waals surface area contributed by atoms with E-state index in [-0.39, 0.29) is 0 Å². The lowest BCUT2D eigenvalue weighted by molar-refractivity contribution is -0.152. The molecule has 4 heteroatoms. The smallest absolute Gasteiger partial charge is 0.335 e. The molecule has 1 heterocycles. The van der Waals surface area contributed by atoms with Gasteiger partial charge in [-0.1, -0.05) is 0 Å². The quantitative estimate of drug-likeness (QED) is 0.693. The number of aliphatic hydroxyl groups excluding tert-OH is 1. The molecule has 14 heavy (non-hydrogen) atoms. The summed E-state index contributed by atoms with van der Waals surface area (Å²) in [6, 6.07) is 1.89. The second-order valence-electron chi connectivity index (χ2n) is 3.68. The van der Waals surface area contributed by atoms with E-state index in [0.717, 1.165) is 18.4 Å². The Morgan fingerprint density at radius 1 is 1.71 bits per heavy atom. The van der Waals surface area contributed by atoms with Crippen LogP contribution in [0, 0.1) is 0 Å². The van der Waals surface area contributed by atoms with E-state index < -0.39 is 17.5 Å². The molecule has 1 fully saturated rings. The Morgan fingerprint density at radius 3 is 2.86 bits per heavy atom. The SMILES string of the molecule is COC(=O)C(O)C1(c2cc[nH]c2)CC1. The average molecular weight is 195 g/mol. The number of carbonyl (C=O) groups is 1. The van der Waals surface area contributed by atoms with E-state index in [1.54, 1.807) is 6.20 Å². The zero-order valence-corrected chi connectivity index (χ0v) is 7.99. The van der Waals surface area contributed by atoms with Crippen LogP contribution in [0.1, 0.15) is 18.4 Å². The fourth-order valence-corrected chi connectivity index (χ4v) is 1.83. The number of nitrogens with one attached hydrogen (secondary N) is 1. The fraction of sp³-hybridized carbons (Fsp3) is 0.500. The molecule has 1 aromatic rings. The summed E-state index contributed by atoms with van der Waals surface area (Å²) in [4.78, 5) is 14.1. The van der Waals surface area contributed by atoms with Crippen LogP contribution in [-0.2, 0) is 14.9 Å². The maximum atomic E-state index is 11.2. The summed E-state index contributed by atoms with van der Waals surface area (Å²) in [5, 5.41) is 9.79. The van der Waals surface area contributed by atoms with Crippen molar-refractivity contribution in [1.29, 1.82) is 0 Å². The maximum absolute atomic E-state index is 11.2. The summed E-state index contributed by atoms with van der Waals surface area (Å²) in [5.74, 6) is -0.552. The Balaban J connectivity index is 2.21. The van der Waals surface area contributed by atoms with Crippen LogP contribution in [0.25, 0.3) is 0 Å². The minimum atomic E-state index is -1.04. The standard InChI is InChI=1S/C10H13NO3/c1-14-9(13)8(12)10(3-4-10)7-2-5-11-6-7/h2,5-6,8,11-12H,3-4H2,1H3. The van der Waals surface area contributed by atoms with Crippen molar-refractivity contribution in [3.05, 3.63) is 24.0 Å². The Labute approximate surface area is 81.9 Å². The zero-order valence-electron chi connectivity index (χ0n) is 7.99. The lowest BCUT2D eigenvalue weighted by Gasteiger charge is -2.18. The monoisotopic (exact) mass is 195 g/mol. The lowest BCUT2D eigenvalue weighted by Crippen LogP contribution is -2.34. The van der Waals surface area contributed by atoms with E-state index in [2.05, 4.69) is 9.72 Å². The number of aliphatic hydroxyl groups is 1. The molecular weight excluding hydrogens is 182 g/mol. The first-order valence-electron chi connectivity index (χ1n) is 4.60. The molecule has 1 atom stereocenters. The third-order valence-electron chi connectivity index (χ3n) is 2.91. The van der Waals surface area contributed by atoms with E-state index in [1.165, 1.54) is 7.11 Å². The van der Waals surface area contributed by atoms with Gasteiger partial charge in [-0.25, -0.2) is 4.79 Å². The van der Waals surface area contributed by atoms with Gasteiger partial charge in [0.2, 0.25) is 0 Å². The van der Waals surface area contributed by atoms with E-state index in [0.29, 0.717) is 0 Å². The minimum absolute atomic E-state index is 0.396. The van der Waals surface area contributed by atoms with Crippen LogP contribution < -0.4 is 0 Å². The number of aromatic nitrogens is 1. The second-order valence-corrected chi connectivity index (χ2v) is 3.68. The van der Waals surface area contributed by atoms with Crippen molar-refractivity contribution >= 4 is 5.97 Å². The van der Waals surface area contributed by atoms with Gasteiger partial charge in [-0.2, -0.15) is 0 Å². The van der Waals surface area contributed by atoms with Crippen molar-refractivity contribution in [3.63, 3.8) is 0 Å². The Kier molecular flexibility index (Phi) is 2.07. The van der Waals surface area contributed by atoms with Crippen LogP contribution >= 0.6 is 0 Å². The summed E-state index contributed by atoms with van der Waals surface area (Å²) in [6.07, 6.45) is 4.24. The molecule has 1 saturated carbocycles.